The van der Waals surface area contributed by atoms with Gasteiger partial charge in [0.25, 0.3) is 0 Å². The Balaban J connectivity index is 1.56. The molecule has 2 aliphatic heterocycles. The van der Waals surface area contributed by atoms with Gasteiger partial charge in [-0.1, -0.05) is 12.5 Å². The fraction of sp³-hybridized carbons (Fsp3) is 0.600. The zero-order valence-electron chi connectivity index (χ0n) is 11.2. The van der Waals surface area contributed by atoms with Crippen molar-refractivity contribution in [3.05, 3.63) is 23.8 Å². The third kappa shape index (κ3) is 3.01. The summed E-state index contributed by atoms with van der Waals surface area (Å²) in [5, 5.41) is 10.3. The Morgan fingerprint density at radius 1 is 1.11 bits per heavy atom. The smallest absolute Gasteiger partial charge is 0.231 e. The molecule has 1 aromatic rings. The van der Waals surface area contributed by atoms with Crippen LogP contribution in [0.3, 0.4) is 0 Å². The Labute approximate surface area is 113 Å². The largest absolute Gasteiger partial charge is 0.454 e. The second kappa shape index (κ2) is 5.80. The molecule has 19 heavy (non-hydrogen) atoms. The molecule has 3 rings (SSSR count). The SMILES string of the molecule is OC(CCN1CCCCC1)c1ccc2c(c1)OCO2. The Hall–Kier alpha value is -1.26. The first kappa shape index (κ1) is 12.8. The first-order valence-electron chi connectivity index (χ1n) is 7.13. The van der Waals surface area contributed by atoms with E-state index in [2.05, 4.69) is 4.90 Å². The molecule has 1 aromatic carbocycles. The lowest BCUT2D eigenvalue weighted by Gasteiger charge is -2.27. The molecule has 0 bridgehead atoms. The van der Waals surface area contributed by atoms with Crippen LogP contribution in [0, 0.1) is 0 Å². The number of hydrogen-bond donors (Lipinski definition) is 1. The number of benzene rings is 1. The highest BCUT2D eigenvalue weighted by Crippen LogP contribution is 2.34. The molecule has 0 amide bonds. The van der Waals surface area contributed by atoms with Gasteiger partial charge < -0.3 is 19.5 Å². The number of fused-ring (bicyclic) bond motifs is 1. The first-order valence-corrected chi connectivity index (χ1v) is 7.13. The predicted octanol–water partition coefficient (Wildman–Crippen LogP) is 2.32. The van der Waals surface area contributed by atoms with E-state index >= 15 is 0 Å². The van der Waals surface area contributed by atoms with Crippen molar-refractivity contribution in [2.75, 3.05) is 26.4 Å². The molecular formula is C15H21NO3. The summed E-state index contributed by atoms with van der Waals surface area (Å²) in [7, 11) is 0. The molecule has 1 N–H and O–H groups in total. The summed E-state index contributed by atoms with van der Waals surface area (Å²) in [6.45, 7) is 3.60. The molecule has 0 spiro atoms. The van der Waals surface area contributed by atoms with Crippen LogP contribution in [-0.4, -0.2) is 36.4 Å². The van der Waals surface area contributed by atoms with Crippen molar-refractivity contribution in [2.24, 2.45) is 0 Å². The van der Waals surface area contributed by atoms with Crippen molar-refractivity contribution >= 4 is 0 Å². The van der Waals surface area contributed by atoms with Crippen LogP contribution in [0.1, 0.15) is 37.4 Å². The Kier molecular flexibility index (Phi) is 3.89. The molecule has 1 saturated heterocycles. The van der Waals surface area contributed by atoms with Gasteiger partial charge in [-0.05, 0) is 50.0 Å². The van der Waals surface area contributed by atoms with E-state index in [0.717, 1.165) is 30.0 Å². The minimum Gasteiger partial charge on any atom is -0.454 e. The summed E-state index contributed by atoms with van der Waals surface area (Å²) in [4.78, 5) is 2.44. The number of likely N-dealkylation sites (tertiary alicyclic amines) is 1. The molecule has 4 heteroatoms. The molecule has 1 fully saturated rings. The number of ether oxygens (including phenoxy) is 2. The van der Waals surface area contributed by atoms with E-state index in [9.17, 15) is 5.11 Å². The van der Waals surface area contributed by atoms with Gasteiger partial charge in [0.05, 0.1) is 6.10 Å². The Morgan fingerprint density at radius 3 is 2.74 bits per heavy atom. The van der Waals surface area contributed by atoms with E-state index in [-0.39, 0.29) is 6.79 Å². The standard InChI is InChI=1S/C15H21NO3/c17-13(6-9-16-7-2-1-3-8-16)12-4-5-14-15(10-12)19-11-18-14/h4-5,10,13,17H,1-3,6-9,11H2. The molecule has 2 aliphatic rings. The van der Waals surface area contributed by atoms with E-state index in [0.29, 0.717) is 0 Å². The van der Waals surface area contributed by atoms with E-state index < -0.39 is 6.10 Å². The van der Waals surface area contributed by atoms with Gasteiger partial charge in [0.15, 0.2) is 11.5 Å². The number of aliphatic hydroxyl groups excluding tert-OH is 1. The molecule has 104 valence electrons. The monoisotopic (exact) mass is 263 g/mol. The van der Waals surface area contributed by atoms with Crippen LogP contribution in [0.25, 0.3) is 0 Å². The highest BCUT2D eigenvalue weighted by atomic mass is 16.7. The Bertz CT molecular complexity index is 429. The van der Waals surface area contributed by atoms with Crippen LogP contribution in [0.4, 0.5) is 0 Å². The maximum atomic E-state index is 10.3. The minimum atomic E-state index is -0.420. The van der Waals surface area contributed by atoms with E-state index in [1.807, 2.05) is 18.2 Å². The fourth-order valence-corrected chi connectivity index (χ4v) is 2.77. The van der Waals surface area contributed by atoms with Crippen molar-refractivity contribution in [3.63, 3.8) is 0 Å². The fourth-order valence-electron chi connectivity index (χ4n) is 2.77. The van der Waals surface area contributed by atoms with Gasteiger partial charge in [0.1, 0.15) is 0 Å². The molecule has 0 aliphatic carbocycles. The van der Waals surface area contributed by atoms with Crippen LogP contribution in [-0.2, 0) is 0 Å². The van der Waals surface area contributed by atoms with Crippen LogP contribution < -0.4 is 9.47 Å². The molecule has 0 saturated carbocycles. The van der Waals surface area contributed by atoms with E-state index in [1.54, 1.807) is 0 Å². The number of hydrogen-bond acceptors (Lipinski definition) is 4. The zero-order valence-corrected chi connectivity index (χ0v) is 11.2. The summed E-state index contributed by atoms with van der Waals surface area (Å²) < 4.78 is 10.6. The van der Waals surface area contributed by atoms with Crippen LogP contribution >= 0.6 is 0 Å². The lowest BCUT2D eigenvalue weighted by atomic mass is 10.0. The third-order valence-corrected chi connectivity index (χ3v) is 3.95. The number of piperidine rings is 1. The average Bonchev–Trinajstić information content (AvgIpc) is 2.93. The predicted molar refractivity (Wildman–Crippen MR) is 72.4 cm³/mol. The van der Waals surface area contributed by atoms with E-state index in [4.69, 9.17) is 9.47 Å². The second-order valence-corrected chi connectivity index (χ2v) is 5.32. The molecule has 2 heterocycles. The van der Waals surface area contributed by atoms with Crippen LogP contribution in [0.2, 0.25) is 0 Å². The maximum absolute atomic E-state index is 10.3. The summed E-state index contributed by atoms with van der Waals surface area (Å²) in [6.07, 6.45) is 4.29. The van der Waals surface area contributed by atoms with Crippen molar-refractivity contribution in [2.45, 2.75) is 31.8 Å². The highest BCUT2D eigenvalue weighted by molar-refractivity contribution is 5.45. The number of aliphatic hydroxyl groups is 1. The van der Waals surface area contributed by atoms with Gasteiger partial charge in [0, 0.05) is 6.54 Å². The zero-order chi connectivity index (χ0) is 13.1. The van der Waals surface area contributed by atoms with Crippen molar-refractivity contribution in [1.82, 2.24) is 4.90 Å². The van der Waals surface area contributed by atoms with Crippen molar-refractivity contribution < 1.29 is 14.6 Å². The van der Waals surface area contributed by atoms with Gasteiger partial charge in [-0.15, -0.1) is 0 Å². The number of rotatable bonds is 4. The van der Waals surface area contributed by atoms with Gasteiger partial charge in [-0.25, -0.2) is 0 Å². The highest BCUT2D eigenvalue weighted by Gasteiger charge is 2.17. The summed E-state index contributed by atoms with van der Waals surface area (Å²) in [5.74, 6) is 1.52. The number of nitrogens with zero attached hydrogens (tertiary/aromatic N) is 1. The molecule has 0 radical (unpaired) electrons. The summed E-state index contributed by atoms with van der Waals surface area (Å²) in [6, 6.07) is 5.69. The molecule has 1 atom stereocenters. The normalized spacial score (nSPS) is 20.5. The van der Waals surface area contributed by atoms with Crippen molar-refractivity contribution in [1.29, 1.82) is 0 Å². The van der Waals surface area contributed by atoms with Crippen molar-refractivity contribution in [3.8, 4) is 11.5 Å². The lowest BCUT2D eigenvalue weighted by molar-refractivity contribution is 0.133. The molecule has 1 unspecified atom stereocenters. The maximum Gasteiger partial charge on any atom is 0.231 e. The topological polar surface area (TPSA) is 41.9 Å². The van der Waals surface area contributed by atoms with Crippen LogP contribution in [0.15, 0.2) is 18.2 Å². The summed E-state index contributed by atoms with van der Waals surface area (Å²) in [5.41, 5.74) is 0.918. The van der Waals surface area contributed by atoms with Crippen LogP contribution in [0.5, 0.6) is 11.5 Å². The Morgan fingerprint density at radius 2 is 1.89 bits per heavy atom. The first-order chi connectivity index (χ1) is 9.33. The second-order valence-electron chi connectivity index (χ2n) is 5.32. The van der Waals surface area contributed by atoms with Gasteiger partial charge in [-0.3, -0.25) is 0 Å². The molecular weight excluding hydrogens is 242 g/mol. The van der Waals surface area contributed by atoms with Gasteiger partial charge >= 0.3 is 0 Å². The quantitative estimate of drug-likeness (QED) is 0.905. The molecule has 4 nitrogen and oxygen atoms in total. The van der Waals surface area contributed by atoms with Gasteiger partial charge in [-0.2, -0.15) is 0 Å². The van der Waals surface area contributed by atoms with E-state index in [1.165, 1.54) is 32.4 Å². The lowest BCUT2D eigenvalue weighted by Crippen LogP contribution is -2.31. The third-order valence-electron chi connectivity index (χ3n) is 3.95. The average molecular weight is 263 g/mol. The minimum absolute atomic E-state index is 0.280. The molecule has 0 aromatic heterocycles. The summed E-state index contributed by atoms with van der Waals surface area (Å²) >= 11 is 0. The van der Waals surface area contributed by atoms with Gasteiger partial charge in [0.2, 0.25) is 6.79 Å².